The molecule has 0 aliphatic heterocycles. The summed E-state index contributed by atoms with van der Waals surface area (Å²) in [6.07, 6.45) is 5.39. The number of hydrogen-bond donors (Lipinski definition) is 1. The molecule has 2 nitrogen and oxygen atoms in total. The fourth-order valence-corrected chi connectivity index (χ4v) is 4.55. The van der Waals surface area contributed by atoms with E-state index in [1.54, 1.807) is 0 Å². The maximum Gasteiger partial charge on any atom is 0.250 e. The maximum atomic E-state index is 6.77. The number of benzene rings is 1. The molecule has 140 valence electrons. The molecule has 1 aromatic heterocycles. The molecule has 3 heteroatoms. The van der Waals surface area contributed by atoms with Crippen LogP contribution < -0.4 is 0 Å². The van der Waals surface area contributed by atoms with Crippen LogP contribution in [0.15, 0.2) is 52.9 Å². The molecule has 1 aliphatic rings. The van der Waals surface area contributed by atoms with Crippen molar-refractivity contribution in [1.82, 2.24) is 4.98 Å². The minimum atomic E-state index is -1.82. The molecule has 1 aliphatic carbocycles. The van der Waals surface area contributed by atoms with Crippen LogP contribution in [0.2, 0.25) is 18.1 Å². The Balaban J connectivity index is 1.91. The fraction of sp³-hybridized carbons (Fsp3) is 0.478. The molecule has 0 saturated heterocycles. The zero-order valence-corrected chi connectivity index (χ0v) is 18.4. The number of H-pyrrole nitrogens is 1. The summed E-state index contributed by atoms with van der Waals surface area (Å²) in [6, 6.07) is 8.56. The minimum Gasteiger partial charge on any atom is -0.543 e. The molecular formula is C23H33NOSi. The van der Waals surface area contributed by atoms with Crippen LogP contribution in [0.1, 0.15) is 53.0 Å². The average molecular weight is 368 g/mol. The van der Waals surface area contributed by atoms with E-state index in [-0.39, 0.29) is 5.04 Å². The first-order valence-corrected chi connectivity index (χ1v) is 12.6. The van der Waals surface area contributed by atoms with Gasteiger partial charge >= 0.3 is 0 Å². The van der Waals surface area contributed by atoms with Crippen molar-refractivity contribution in [2.75, 3.05) is 0 Å². The molecule has 0 saturated carbocycles. The second-order valence-electron chi connectivity index (χ2n) is 9.27. The summed E-state index contributed by atoms with van der Waals surface area (Å²) in [5.74, 6) is 1.20. The van der Waals surface area contributed by atoms with Gasteiger partial charge in [-0.2, -0.15) is 0 Å². The number of allylic oxidation sites excluding steroid dienone is 3. The number of hydrogen-bond acceptors (Lipinski definition) is 1. The van der Waals surface area contributed by atoms with Crippen LogP contribution in [0.25, 0.3) is 10.9 Å². The smallest absolute Gasteiger partial charge is 0.250 e. The number of nitrogens with one attached hydrogen (secondary N) is 1. The van der Waals surface area contributed by atoms with Crippen LogP contribution in [0.4, 0.5) is 0 Å². The highest BCUT2D eigenvalue weighted by Gasteiger charge is 2.40. The number of aromatic nitrogens is 1. The molecule has 3 rings (SSSR count). The first-order valence-electron chi connectivity index (χ1n) is 9.73. The SMILES string of the molecule is CC1=C(O[Si](C)(C)C(C)(C)C)/C(=C(/C)Cc2c[nH]c3ccccc23)CC1. The third-order valence-electron chi connectivity index (χ3n) is 6.22. The standard InChI is InChI=1S/C23H33NOSi/c1-16-12-13-19(22(16)25-26(6,7)23(3,4)5)17(2)14-18-15-24-21-11-9-8-10-20(18)21/h8-11,15,24H,12-14H2,1-7H3/b19-17-. The van der Waals surface area contributed by atoms with E-state index in [1.807, 2.05) is 0 Å². The van der Waals surface area contributed by atoms with Crippen LogP contribution in [0.5, 0.6) is 0 Å². The van der Waals surface area contributed by atoms with Crippen molar-refractivity contribution in [3.05, 3.63) is 58.5 Å². The van der Waals surface area contributed by atoms with Gasteiger partial charge < -0.3 is 9.41 Å². The van der Waals surface area contributed by atoms with Gasteiger partial charge in [-0.15, -0.1) is 0 Å². The Morgan fingerprint density at radius 3 is 2.54 bits per heavy atom. The second-order valence-corrected chi connectivity index (χ2v) is 14.0. The van der Waals surface area contributed by atoms with Crippen molar-refractivity contribution in [2.45, 2.75) is 72.0 Å². The minimum absolute atomic E-state index is 0.221. The van der Waals surface area contributed by atoms with Gasteiger partial charge in [-0.3, -0.25) is 0 Å². The zero-order chi connectivity index (χ0) is 19.1. The zero-order valence-electron chi connectivity index (χ0n) is 17.4. The van der Waals surface area contributed by atoms with E-state index in [0.717, 1.165) is 19.3 Å². The molecule has 1 aromatic carbocycles. The maximum absolute atomic E-state index is 6.77. The number of para-hydroxylation sites is 1. The van der Waals surface area contributed by atoms with Gasteiger partial charge in [-0.1, -0.05) is 44.5 Å². The first kappa shape index (κ1) is 19.0. The fourth-order valence-electron chi connectivity index (χ4n) is 3.43. The number of rotatable bonds is 4. The monoisotopic (exact) mass is 367 g/mol. The van der Waals surface area contributed by atoms with Crippen molar-refractivity contribution >= 4 is 19.2 Å². The molecule has 0 radical (unpaired) electrons. The predicted molar refractivity (Wildman–Crippen MR) is 115 cm³/mol. The molecule has 0 unspecified atom stereocenters. The van der Waals surface area contributed by atoms with Gasteiger partial charge in [0.15, 0.2) is 0 Å². The normalized spacial score (nSPS) is 18.0. The Morgan fingerprint density at radius 2 is 1.85 bits per heavy atom. The summed E-state index contributed by atoms with van der Waals surface area (Å²) in [6.45, 7) is 16.2. The van der Waals surface area contributed by atoms with Gasteiger partial charge in [0.05, 0.1) is 0 Å². The lowest BCUT2D eigenvalue weighted by atomic mass is 10.00. The topological polar surface area (TPSA) is 25.0 Å². The van der Waals surface area contributed by atoms with Gasteiger partial charge in [0.2, 0.25) is 8.32 Å². The summed E-state index contributed by atoms with van der Waals surface area (Å²) in [5, 5.41) is 1.55. The third-order valence-corrected chi connectivity index (χ3v) is 10.5. The molecule has 0 fully saturated rings. The average Bonchev–Trinajstić information content (AvgIpc) is 3.11. The van der Waals surface area contributed by atoms with Crippen LogP contribution in [-0.2, 0) is 10.8 Å². The van der Waals surface area contributed by atoms with Crippen molar-refractivity contribution in [3.8, 4) is 0 Å². The van der Waals surface area contributed by atoms with Crippen molar-refractivity contribution in [3.63, 3.8) is 0 Å². The van der Waals surface area contributed by atoms with Crippen LogP contribution in [-0.4, -0.2) is 13.3 Å². The molecule has 0 spiro atoms. The Labute approximate surface area is 159 Å². The Bertz CT molecular complexity index is 877. The summed E-state index contributed by atoms with van der Waals surface area (Å²) < 4.78 is 6.77. The Hall–Kier alpha value is -1.74. The largest absolute Gasteiger partial charge is 0.543 e. The van der Waals surface area contributed by atoms with Gasteiger partial charge in [-0.05, 0) is 74.0 Å². The van der Waals surface area contributed by atoms with E-state index in [4.69, 9.17) is 4.43 Å². The van der Waals surface area contributed by atoms with E-state index < -0.39 is 8.32 Å². The van der Waals surface area contributed by atoms with Crippen molar-refractivity contribution in [2.24, 2.45) is 0 Å². The van der Waals surface area contributed by atoms with E-state index in [9.17, 15) is 0 Å². The molecule has 1 heterocycles. The van der Waals surface area contributed by atoms with Crippen LogP contribution in [0, 0.1) is 0 Å². The summed E-state index contributed by atoms with van der Waals surface area (Å²) in [4.78, 5) is 3.40. The lowest BCUT2D eigenvalue weighted by molar-refractivity contribution is 0.391. The highest BCUT2D eigenvalue weighted by atomic mass is 28.4. The molecule has 1 N–H and O–H groups in total. The second kappa shape index (κ2) is 6.77. The van der Waals surface area contributed by atoms with Gasteiger partial charge in [0.1, 0.15) is 5.76 Å². The summed E-state index contributed by atoms with van der Waals surface area (Å²) in [7, 11) is -1.82. The van der Waals surface area contributed by atoms with E-state index in [0.29, 0.717) is 0 Å². The Morgan fingerprint density at radius 1 is 1.15 bits per heavy atom. The first-order chi connectivity index (χ1) is 12.1. The third kappa shape index (κ3) is 3.55. The predicted octanol–water partition coefficient (Wildman–Crippen LogP) is 7.12. The Kier molecular flexibility index (Phi) is 4.95. The van der Waals surface area contributed by atoms with Gasteiger partial charge in [0, 0.05) is 17.1 Å². The number of fused-ring (bicyclic) bond motifs is 1. The molecule has 26 heavy (non-hydrogen) atoms. The molecule has 0 atom stereocenters. The molecule has 2 aromatic rings. The molecule has 0 bridgehead atoms. The van der Waals surface area contributed by atoms with Gasteiger partial charge in [0.25, 0.3) is 0 Å². The van der Waals surface area contributed by atoms with E-state index in [1.165, 1.54) is 38.9 Å². The van der Waals surface area contributed by atoms with Crippen molar-refractivity contribution < 1.29 is 4.43 Å². The van der Waals surface area contributed by atoms with Crippen LogP contribution >= 0.6 is 0 Å². The molecular weight excluding hydrogens is 334 g/mol. The number of aromatic amines is 1. The van der Waals surface area contributed by atoms with E-state index >= 15 is 0 Å². The van der Waals surface area contributed by atoms with Crippen LogP contribution in [0.3, 0.4) is 0 Å². The lowest BCUT2D eigenvalue weighted by Crippen LogP contribution is -2.40. The highest BCUT2D eigenvalue weighted by molar-refractivity contribution is 6.74. The summed E-state index contributed by atoms with van der Waals surface area (Å²) >= 11 is 0. The molecule has 0 amide bonds. The van der Waals surface area contributed by atoms with Gasteiger partial charge in [-0.25, -0.2) is 0 Å². The van der Waals surface area contributed by atoms with Crippen molar-refractivity contribution in [1.29, 1.82) is 0 Å². The quantitative estimate of drug-likeness (QED) is 0.572. The highest BCUT2D eigenvalue weighted by Crippen LogP contribution is 2.43. The summed E-state index contributed by atoms with van der Waals surface area (Å²) in [5.41, 5.74) is 6.90. The lowest BCUT2D eigenvalue weighted by Gasteiger charge is -2.37. The van der Waals surface area contributed by atoms with E-state index in [2.05, 4.69) is 83.2 Å².